The predicted molar refractivity (Wildman–Crippen MR) is 82.5 cm³/mol. The zero-order chi connectivity index (χ0) is 14.8. The molecule has 0 spiro atoms. The largest absolute Gasteiger partial charge is 0.481 e. The van der Waals surface area contributed by atoms with Crippen molar-refractivity contribution in [1.82, 2.24) is 9.97 Å². The number of benzene rings is 1. The van der Waals surface area contributed by atoms with Gasteiger partial charge < -0.3 is 15.4 Å². The van der Waals surface area contributed by atoms with Crippen molar-refractivity contribution in [2.24, 2.45) is 5.73 Å². The maximum absolute atomic E-state index is 5.97. The number of nitrogens with zero attached hydrogens (tertiary/aromatic N) is 3. The van der Waals surface area contributed by atoms with Gasteiger partial charge in [-0.25, -0.2) is 4.98 Å². The Morgan fingerprint density at radius 2 is 2.05 bits per heavy atom. The quantitative estimate of drug-likeness (QED) is 0.929. The van der Waals surface area contributed by atoms with Crippen molar-refractivity contribution in [3.05, 3.63) is 47.2 Å². The normalized spacial score (nSPS) is 17.5. The summed E-state index contributed by atoms with van der Waals surface area (Å²) in [7, 11) is 1.62. The van der Waals surface area contributed by atoms with Crippen molar-refractivity contribution in [1.29, 1.82) is 0 Å². The molecule has 5 heteroatoms. The monoisotopic (exact) mass is 284 g/mol. The fourth-order valence-electron chi connectivity index (χ4n) is 2.79. The minimum atomic E-state index is 0.214. The lowest BCUT2D eigenvalue weighted by atomic mass is 9.94. The van der Waals surface area contributed by atoms with E-state index in [2.05, 4.69) is 39.1 Å². The Hall–Kier alpha value is -2.14. The van der Waals surface area contributed by atoms with E-state index >= 15 is 0 Å². The minimum Gasteiger partial charge on any atom is -0.481 e. The molecule has 1 unspecified atom stereocenters. The van der Waals surface area contributed by atoms with Crippen molar-refractivity contribution in [3.63, 3.8) is 0 Å². The number of aryl methyl sites for hydroxylation is 1. The van der Waals surface area contributed by atoms with Gasteiger partial charge in [-0.3, -0.25) is 0 Å². The second-order valence-electron chi connectivity index (χ2n) is 5.34. The molecule has 0 fully saturated rings. The number of methoxy groups -OCH3 is 1. The summed E-state index contributed by atoms with van der Waals surface area (Å²) < 4.78 is 5.26. The van der Waals surface area contributed by atoms with E-state index in [0.29, 0.717) is 18.4 Å². The molecule has 5 nitrogen and oxygen atoms in total. The van der Waals surface area contributed by atoms with Crippen LogP contribution in [0.4, 0.5) is 5.95 Å². The third kappa shape index (κ3) is 2.69. The molecule has 2 N–H and O–H groups in total. The average molecular weight is 284 g/mol. The Morgan fingerprint density at radius 3 is 2.76 bits per heavy atom. The van der Waals surface area contributed by atoms with Crippen LogP contribution in [0.2, 0.25) is 0 Å². The van der Waals surface area contributed by atoms with Crippen LogP contribution >= 0.6 is 0 Å². The average Bonchev–Trinajstić information content (AvgIpc) is 2.52. The van der Waals surface area contributed by atoms with Gasteiger partial charge in [0.25, 0.3) is 0 Å². The lowest BCUT2D eigenvalue weighted by Crippen LogP contribution is -2.46. The SMILES string of the molecule is COc1cc(C)nc(N2Cc3ccccc3CC2CN)n1. The molecule has 110 valence electrons. The highest BCUT2D eigenvalue weighted by atomic mass is 16.5. The lowest BCUT2D eigenvalue weighted by molar-refractivity contribution is 0.395. The Labute approximate surface area is 124 Å². The van der Waals surface area contributed by atoms with Gasteiger partial charge in [0.15, 0.2) is 0 Å². The zero-order valence-electron chi connectivity index (χ0n) is 12.4. The molecule has 21 heavy (non-hydrogen) atoms. The van der Waals surface area contributed by atoms with E-state index in [1.165, 1.54) is 11.1 Å². The van der Waals surface area contributed by atoms with Crippen LogP contribution in [0.25, 0.3) is 0 Å². The summed E-state index contributed by atoms with van der Waals surface area (Å²) in [6.07, 6.45) is 0.923. The van der Waals surface area contributed by atoms with Crippen LogP contribution in [0.15, 0.2) is 30.3 Å². The molecule has 2 heterocycles. The van der Waals surface area contributed by atoms with Crippen molar-refractivity contribution in [2.75, 3.05) is 18.6 Å². The summed E-state index contributed by atoms with van der Waals surface area (Å²) in [5, 5.41) is 0. The van der Waals surface area contributed by atoms with Crippen LogP contribution in [-0.4, -0.2) is 29.7 Å². The van der Waals surface area contributed by atoms with Crippen LogP contribution in [0.5, 0.6) is 5.88 Å². The molecule has 3 rings (SSSR count). The van der Waals surface area contributed by atoms with Gasteiger partial charge in [-0.15, -0.1) is 0 Å². The molecule has 0 saturated carbocycles. The van der Waals surface area contributed by atoms with Gasteiger partial charge in [-0.2, -0.15) is 4.98 Å². The minimum absolute atomic E-state index is 0.214. The molecule has 0 bridgehead atoms. The van der Waals surface area contributed by atoms with E-state index in [1.807, 2.05) is 13.0 Å². The van der Waals surface area contributed by atoms with Gasteiger partial charge in [-0.1, -0.05) is 24.3 Å². The first-order chi connectivity index (χ1) is 10.2. The first kappa shape index (κ1) is 13.8. The van der Waals surface area contributed by atoms with Gasteiger partial charge >= 0.3 is 0 Å². The van der Waals surface area contributed by atoms with E-state index in [9.17, 15) is 0 Å². The number of aromatic nitrogens is 2. The number of nitrogens with two attached hydrogens (primary N) is 1. The number of hydrogen-bond donors (Lipinski definition) is 1. The maximum Gasteiger partial charge on any atom is 0.229 e. The molecule has 0 saturated heterocycles. The summed E-state index contributed by atoms with van der Waals surface area (Å²) in [6, 6.07) is 10.5. The highest BCUT2D eigenvalue weighted by Crippen LogP contribution is 2.27. The molecular weight excluding hydrogens is 264 g/mol. The van der Waals surface area contributed by atoms with Crippen molar-refractivity contribution >= 4 is 5.95 Å². The first-order valence-corrected chi connectivity index (χ1v) is 7.14. The molecular formula is C16H20N4O. The molecule has 1 aliphatic heterocycles. The molecule has 0 amide bonds. The van der Waals surface area contributed by atoms with E-state index in [4.69, 9.17) is 10.5 Å². The van der Waals surface area contributed by atoms with E-state index in [1.54, 1.807) is 7.11 Å². The van der Waals surface area contributed by atoms with E-state index < -0.39 is 0 Å². The fraction of sp³-hybridized carbons (Fsp3) is 0.375. The van der Waals surface area contributed by atoms with Crippen LogP contribution < -0.4 is 15.4 Å². The van der Waals surface area contributed by atoms with E-state index in [0.717, 1.165) is 18.7 Å². The third-order valence-electron chi connectivity index (χ3n) is 3.91. The third-order valence-corrected chi connectivity index (χ3v) is 3.91. The highest BCUT2D eigenvalue weighted by molar-refractivity contribution is 5.43. The first-order valence-electron chi connectivity index (χ1n) is 7.14. The van der Waals surface area contributed by atoms with Crippen LogP contribution in [0.1, 0.15) is 16.8 Å². The number of hydrogen-bond acceptors (Lipinski definition) is 5. The predicted octanol–water partition coefficient (Wildman–Crippen LogP) is 1.68. The summed E-state index contributed by atoms with van der Waals surface area (Å²) in [4.78, 5) is 11.2. The second kappa shape index (κ2) is 5.69. The Kier molecular flexibility index (Phi) is 3.75. The van der Waals surface area contributed by atoms with Crippen molar-refractivity contribution in [2.45, 2.75) is 25.9 Å². The molecule has 0 radical (unpaired) electrons. The Balaban J connectivity index is 1.99. The van der Waals surface area contributed by atoms with Crippen LogP contribution in [-0.2, 0) is 13.0 Å². The van der Waals surface area contributed by atoms with Gasteiger partial charge in [0, 0.05) is 30.9 Å². The fourth-order valence-corrected chi connectivity index (χ4v) is 2.79. The smallest absolute Gasteiger partial charge is 0.229 e. The zero-order valence-corrected chi connectivity index (χ0v) is 12.4. The van der Waals surface area contributed by atoms with Crippen molar-refractivity contribution in [3.8, 4) is 5.88 Å². The summed E-state index contributed by atoms with van der Waals surface area (Å²) in [6.45, 7) is 3.31. The van der Waals surface area contributed by atoms with Gasteiger partial charge in [0.1, 0.15) is 0 Å². The number of rotatable bonds is 3. The Morgan fingerprint density at radius 1 is 1.29 bits per heavy atom. The topological polar surface area (TPSA) is 64.3 Å². The number of anilines is 1. The number of fused-ring (bicyclic) bond motifs is 1. The molecule has 1 aromatic heterocycles. The standard InChI is InChI=1S/C16H20N4O/c1-11-7-15(21-2)19-16(18-11)20-10-13-6-4-3-5-12(13)8-14(20)9-17/h3-7,14H,8-10,17H2,1-2H3. The van der Waals surface area contributed by atoms with Crippen molar-refractivity contribution < 1.29 is 4.74 Å². The lowest BCUT2D eigenvalue weighted by Gasteiger charge is -2.36. The summed E-state index contributed by atoms with van der Waals surface area (Å²) >= 11 is 0. The van der Waals surface area contributed by atoms with Gasteiger partial charge in [-0.05, 0) is 24.5 Å². The van der Waals surface area contributed by atoms with Gasteiger partial charge in [0.2, 0.25) is 11.8 Å². The second-order valence-corrected chi connectivity index (χ2v) is 5.34. The van der Waals surface area contributed by atoms with Crippen LogP contribution in [0, 0.1) is 6.92 Å². The summed E-state index contributed by atoms with van der Waals surface area (Å²) in [5.74, 6) is 1.28. The number of ether oxygens (including phenoxy) is 1. The molecule has 0 aliphatic carbocycles. The molecule has 1 aliphatic rings. The Bertz CT molecular complexity index is 644. The van der Waals surface area contributed by atoms with Gasteiger partial charge in [0.05, 0.1) is 7.11 Å². The highest BCUT2D eigenvalue weighted by Gasteiger charge is 2.27. The summed E-state index contributed by atoms with van der Waals surface area (Å²) in [5.41, 5.74) is 9.54. The molecule has 1 atom stereocenters. The molecule has 2 aromatic rings. The maximum atomic E-state index is 5.97. The molecule has 1 aromatic carbocycles. The van der Waals surface area contributed by atoms with E-state index in [-0.39, 0.29) is 6.04 Å². The van der Waals surface area contributed by atoms with Crippen LogP contribution in [0.3, 0.4) is 0 Å².